The lowest BCUT2D eigenvalue weighted by Crippen LogP contribution is -2.40. The molecule has 1 fully saturated rings. The van der Waals surface area contributed by atoms with Gasteiger partial charge in [-0.3, -0.25) is 4.79 Å². The van der Waals surface area contributed by atoms with Gasteiger partial charge in [-0.1, -0.05) is 26.0 Å². The number of benzene rings is 1. The molecular weight excluding hydrogens is 316 g/mol. The lowest BCUT2D eigenvalue weighted by molar-refractivity contribution is -0.123. The Labute approximate surface area is 151 Å². The van der Waals surface area contributed by atoms with Crippen LogP contribution in [-0.4, -0.2) is 57.3 Å². The molecule has 0 bridgehead atoms. The molecule has 0 atom stereocenters. The molecule has 1 amide bonds. The van der Waals surface area contributed by atoms with Gasteiger partial charge in [0.1, 0.15) is 5.75 Å². The zero-order valence-electron chi connectivity index (χ0n) is 15.8. The van der Waals surface area contributed by atoms with E-state index in [-0.39, 0.29) is 12.5 Å². The van der Waals surface area contributed by atoms with Crippen molar-refractivity contribution in [2.45, 2.75) is 32.6 Å². The normalized spacial score (nSPS) is 16.2. The van der Waals surface area contributed by atoms with Crippen LogP contribution in [0.3, 0.4) is 0 Å². The number of nitrogens with zero attached hydrogens (tertiary/aromatic N) is 1. The average molecular weight is 348 g/mol. The van der Waals surface area contributed by atoms with E-state index >= 15 is 0 Å². The standard InChI is InChI=1S/C20H32N2O3/c1-16(2)18-4-6-19(7-5-18)25-15-20(23)21-14-17-8-10-22(11-9-17)12-13-24-3/h4-7,16-17H,8-15H2,1-3H3,(H,21,23). The fourth-order valence-corrected chi connectivity index (χ4v) is 3.04. The molecule has 1 aliphatic rings. The Balaban J connectivity index is 1.61. The molecule has 0 aliphatic carbocycles. The molecule has 0 spiro atoms. The number of methoxy groups -OCH3 is 1. The van der Waals surface area contributed by atoms with E-state index in [1.165, 1.54) is 5.56 Å². The number of piperidine rings is 1. The Kier molecular flexibility index (Phi) is 8.22. The quantitative estimate of drug-likeness (QED) is 0.745. The molecule has 2 rings (SSSR count). The Morgan fingerprint density at radius 3 is 2.52 bits per heavy atom. The zero-order valence-corrected chi connectivity index (χ0v) is 15.8. The SMILES string of the molecule is COCCN1CCC(CNC(=O)COc2ccc(C(C)C)cc2)CC1. The maximum Gasteiger partial charge on any atom is 0.257 e. The number of hydrogen-bond donors (Lipinski definition) is 1. The summed E-state index contributed by atoms with van der Waals surface area (Å²) in [6.07, 6.45) is 2.25. The van der Waals surface area contributed by atoms with Crippen LogP contribution in [0.2, 0.25) is 0 Å². The van der Waals surface area contributed by atoms with E-state index in [1.54, 1.807) is 7.11 Å². The van der Waals surface area contributed by atoms with Crippen molar-refractivity contribution in [3.05, 3.63) is 29.8 Å². The highest BCUT2D eigenvalue weighted by Gasteiger charge is 2.19. The smallest absolute Gasteiger partial charge is 0.257 e. The van der Waals surface area contributed by atoms with Gasteiger partial charge in [0.25, 0.3) is 5.91 Å². The molecule has 1 heterocycles. The molecule has 1 N–H and O–H groups in total. The summed E-state index contributed by atoms with van der Waals surface area (Å²) in [5.74, 6) is 1.76. The first-order valence-electron chi connectivity index (χ1n) is 9.29. The summed E-state index contributed by atoms with van der Waals surface area (Å²) in [4.78, 5) is 14.4. The molecule has 5 heteroatoms. The van der Waals surface area contributed by atoms with E-state index in [0.29, 0.717) is 11.8 Å². The highest BCUT2D eigenvalue weighted by Crippen LogP contribution is 2.18. The van der Waals surface area contributed by atoms with Crippen molar-refractivity contribution >= 4 is 5.91 Å². The highest BCUT2D eigenvalue weighted by molar-refractivity contribution is 5.77. The second kappa shape index (κ2) is 10.4. The molecule has 0 aromatic heterocycles. The third kappa shape index (κ3) is 7.04. The largest absolute Gasteiger partial charge is 0.484 e. The minimum absolute atomic E-state index is 0.0465. The van der Waals surface area contributed by atoms with Crippen molar-refractivity contribution in [1.29, 1.82) is 0 Å². The fourth-order valence-electron chi connectivity index (χ4n) is 3.04. The number of hydrogen-bond acceptors (Lipinski definition) is 4. The number of ether oxygens (including phenoxy) is 2. The number of amides is 1. The summed E-state index contributed by atoms with van der Waals surface area (Å²) in [5.41, 5.74) is 1.27. The Morgan fingerprint density at radius 1 is 1.24 bits per heavy atom. The first-order valence-corrected chi connectivity index (χ1v) is 9.29. The molecule has 1 aliphatic heterocycles. The molecule has 0 radical (unpaired) electrons. The summed E-state index contributed by atoms with van der Waals surface area (Å²) in [6, 6.07) is 7.96. The maximum atomic E-state index is 12.0. The van der Waals surface area contributed by atoms with E-state index in [1.807, 2.05) is 12.1 Å². The monoisotopic (exact) mass is 348 g/mol. The van der Waals surface area contributed by atoms with Crippen molar-refractivity contribution in [2.24, 2.45) is 5.92 Å². The highest BCUT2D eigenvalue weighted by atomic mass is 16.5. The van der Waals surface area contributed by atoms with Crippen molar-refractivity contribution < 1.29 is 14.3 Å². The van der Waals surface area contributed by atoms with Crippen LogP contribution in [0, 0.1) is 5.92 Å². The van der Waals surface area contributed by atoms with Gasteiger partial charge < -0.3 is 19.7 Å². The first-order chi connectivity index (χ1) is 12.1. The second-order valence-electron chi connectivity index (χ2n) is 7.09. The summed E-state index contributed by atoms with van der Waals surface area (Å²) >= 11 is 0. The van der Waals surface area contributed by atoms with E-state index in [9.17, 15) is 4.79 Å². The van der Waals surface area contributed by atoms with E-state index in [4.69, 9.17) is 9.47 Å². The van der Waals surface area contributed by atoms with Crippen LogP contribution in [0.5, 0.6) is 5.75 Å². The Hall–Kier alpha value is -1.59. The van der Waals surface area contributed by atoms with Gasteiger partial charge in [-0.05, 0) is 55.5 Å². The molecule has 1 aromatic carbocycles. The van der Waals surface area contributed by atoms with Crippen molar-refractivity contribution in [1.82, 2.24) is 10.2 Å². The molecule has 140 valence electrons. The fraction of sp³-hybridized carbons (Fsp3) is 0.650. The number of carbonyl (C=O) groups is 1. The van der Waals surface area contributed by atoms with Crippen LogP contribution < -0.4 is 10.1 Å². The molecule has 0 saturated carbocycles. The number of nitrogens with one attached hydrogen (secondary N) is 1. The van der Waals surface area contributed by atoms with E-state index < -0.39 is 0 Å². The number of rotatable bonds is 9. The second-order valence-corrected chi connectivity index (χ2v) is 7.09. The van der Waals surface area contributed by atoms with Gasteiger partial charge in [0.05, 0.1) is 6.61 Å². The van der Waals surface area contributed by atoms with Crippen LogP contribution in [0.25, 0.3) is 0 Å². The number of likely N-dealkylation sites (tertiary alicyclic amines) is 1. The van der Waals surface area contributed by atoms with Gasteiger partial charge in [-0.25, -0.2) is 0 Å². The third-order valence-electron chi connectivity index (χ3n) is 4.82. The van der Waals surface area contributed by atoms with Gasteiger partial charge in [0.15, 0.2) is 6.61 Å². The molecule has 0 unspecified atom stereocenters. The Morgan fingerprint density at radius 2 is 1.92 bits per heavy atom. The predicted octanol–water partition coefficient (Wildman–Crippen LogP) is 2.66. The lowest BCUT2D eigenvalue weighted by Gasteiger charge is -2.31. The maximum absolute atomic E-state index is 12.0. The van der Waals surface area contributed by atoms with Crippen LogP contribution in [0.4, 0.5) is 0 Å². The topological polar surface area (TPSA) is 50.8 Å². The first kappa shape index (κ1) is 19.7. The van der Waals surface area contributed by atoms with Gasteiger partial charge in [-0.2, -0.15) is 0 Å². The minimum Gasteiger partial charge on any atom is -0.484 e. The lowest BCUT2D eigenvalue weighted by atomic mass is 9.97. The Bertz CT molecular complexity index is 508. The van der Waals surface area contributed by atoms with E-state index in [2.05, 4.69) is 36.2 Å². The predicted molar refractivity (Wildman–Crippen MR) is 100 cm³/mol. The molecule has 1 aromatic rings. The molecular formula is C20H32N2O3. The summed E-state index contributed by atoms with van der Waals surface area (Å²) < 4.78 is 10.7. The van der Waals surface area contributed by atoms with Gasteiger partial charge in [0.2, 0.25) is 0 Å². The number of carbonyl (C=O) groups excluding carboxylic acids is 1. The van der Waals surface area contributed by atoms with Crippen molar-refractivity contribution in [3.8, 4) is 5.75 Å². The van der Waals surface area contributed by atoms with Gasteiger partial charge in [-0.15, -0.1) is 0 Å². The minimum atomic E-state index is -0.0465. The molecule has 1 saturated heterocycles. The summed E-state index contributed by atoms with van der Waals surface area (Å²) in [7, 11) is 1.74. The summed E-state index contributed by atoms with van der Waals surface area (Å²) in [6.45, 7) is 9.10. The molecule has 5 nitrogen and oxygen atoms in total. The zero-order chi connectivity index (χ0) is 18.1. The van der Waals surface area contributed by atoms with Gasteiger partial charge >= 0.3 is 0 Å². The third-order valence-corrected chi connectivity index (χ3v) is 4.82. The summed E-state index contributed by atoms with van der Waals surface area (Å²) in [5, 5.41) is 3.00. The average Bonchev–Trinajstić information content (AvgIpc) is 2.64. The van der Waals surface area contributed by atoms with Crippen molar-refractivity contribution in [2.75, 3.05) is 46.5 Å². The van der Waals surface area contributed by atoms with Crippen LogP contribution in [0.1, 0.15) is 38.2 Å². The van der Waals surface area contributed by atoms with Crippen LogP contribution >= 0.6 is 0 Å². The van der Waals surface area contributed by atoms with E-state index in [0.717, 1.165) is 51.4 Å². The van der Waals surface area contributed by atoms with Crippen molar-refractivity contribution in [3.63, 3.8) is 0 Å². The van der Waals surface area contributed by atoms with Crippen LogP contribution in [0.15, 0.2) is 24.3 Å². The van der Waals surface area contributed by atoms with Crippen LogP contribution in [-0.2, 0) is 9.53 Å². The van der Waals surface area contributed by atoms with Gasteiger partial charge in [0, 0.05) is 20.2 Å². The molecule has 25 heavy (non-hydrogen) atoms.